The van der Waals surface area contributed by atoms with E-state index in [0.29, 0.717) is 22.5 Å². The van der Waals surface area contributed by atoms with Crippen molar-refractivity contribution in [3.8, 4) is 0 Å². The number of hydrogen-bond acceptors (Lipinski definition) is 5. The Bertz CT molecular complexity index is 794. The fourth-order valence-electron chi connectivity index (χ4n) is 2.05. The fraction of sp³-hybridized carbons (Fsp3) is 0.312. The summed E-state index contributed by atoms with van der Waals surface area (Å²) >= 11 is 4.95. The van der Waals surface area contributed by atoms with E-state index in [0.717, 1.165) is 22.1 Å². The van der Waals surface area contributed by atoms with Gasteiger partial charge in [-0.15, -0.1) is 0 Å². The Hall–Kier alpha value is -1.45. The van der Waals surface area contributed by atoms with Crippen molar-refractivity contribution in [1.82, 2.24) is 5.32 Å². The third-order valence-corrected chi connectivity index (χ3v) is 5.98. The zero-order valence-electron chi connectivity index (χ0n) is 13.6. The summed E-state index contributed by atoms with van der Waals surface area (Å²) < 4.78 is 31.0. The molecule has 0 spiro atoms. The molecule has 6 nitrogen and oxygen atoms in total. The lowest BCUT2D eigenvalue weighted by molar-refractivity contribution is -0.119. The number of benzene rings is 1. The Balaban J connectivity index is 1.84. The molecule has 1 aromatic carbocycles. The van der Waals surface area contributed by atoms with Gasteiger partial charge in [0, 0.05) is 16.8 Å². The van der Waals surface area contributed by atoms with Crippen molar-refractivity contribution >= 4 is 49.3 Å². The van der Waals surface area contributed by atoms with Gasteiger partial charge in [-0.1, -0.05) is 12.1 Å². The van der Waals surface area contributed by atoms with Gasteiger partial charge in [0.1, 0.15) is 12.3 Å². The van der Waals surface area contributed by atoms with Gasteiger partial charge in [0.2, 0.25) is 15.9 Å². The molecule has 1 N–H and O–H groups in total. The van der Waals surface area contributed by atoms with Crippen LogP contribution in [0.4, 0.5) is 5.69 Å². The van der Waals surface area contributed by atoms with E-state index >= 15 is 0 Å². The number of nitrogens with one attached hydrogen (secondary N) is 1. The van der Waals surface area contributed by atoms with Crippen LogP contribution in [0.2, 0.25) is 0 Å². The summed E-state index contributed by atoms with van der Waals surface area (Å²) in [6.45, 7) is 0.196. The van der Waals surface area contributed by atoms with Gasteiger partial charge in [-0.05, 0) is 40.2 Å². The number of para-hydroxylation sites is 1. The third-order valence-electron chi connectivity index (χ3n) is 3.20. The van der Waals surface area contributed by atoms with Gasteiger partial charge in [-0.3, -0.25) is 9.10 Å². The Morgan fingerprint density at radius 3 is 2.68 bits per heavy atom. The average Bonchev–Trinajstić information content (AvgIpc) is 3.05. The number of carbonyl (C=O) groups is 1. The highest BCUT2D eigenvalue weighted by Crippen LogP contribution is 2.27. The second-order valence-electron chi connectivity index (χ2n) is 5.20. The summed E-state index contributed by atoms with van der Waals surface area (Å²) in [6.07, 6.45) is 2.71. The van der Waals surface area contributed by atoms with Crippen molar-refractivity contribution < 1.29 is 17.6 Å². The number of halogens is 1. The number of sulfonamides is 1. The molecular formula is C16H19BrN2O4S2. The molecule has 0 aliphatic heterocycles. The number of hydrogen-bond donors (Lipinski definition) is 1. The zero-order chi connectivity index (χ0) is 18.3. The van der Waals surface area contributed by atoms with Crippen LogP contribution in [0.1, 0.15) is 5.76 Å². The lowest BCUT2D eigenvalue weighted by Gasteiger charge is -2.23. The molecule has 0 saturated carbocycles. The number of thioether (sulfide) groups is 1. The Morgan fingerprint density at radius 2 is 2.04 bits per heavy atom. The van der Waals surface area contributed by atoms with Gasteiger partial charge in [-0.25, -0.2) is 8.42 Å². The normalized spacial score (nSPS) is 11.3. The van der Waals surface area contributed by atoms with Crippen LogP contribution in [-0.4, -0.2) is 39.4 Å². The minimum atomic E-state index is -3.58. The highest BCUT2D eigenvalue weighted by Gasteiger charge is 2.22. The molecule has 0 fully saturated rings. The van der Waals surface area contributed by atoms with Crippen molar-refractivity contribution in [2.75, 3.05) is 29.4 Å². The van der Waals surface area contributed by atoms with Crippen LogP contribution in [0.25, 0.3) is 0 Å². The fourth-order valence-corrected chi connectivity index (χ4v) is 4.29. The Labute approximate surface area is 160 Å². The number of anilines is 1. The van der Waals surface area contributed by atoms with Gasteiger partial charge in [0.15, 0.2) is 0 Å². The average molecular weight is 447 g/mol. The van der Waals surface area contributed by atoms with Crippen molar-refractivity contribution in [3.63, 3.8) is 0 Å². The first-order valence-corrected chi connectivity index (χ1v) is 11.3. The number of rotatable bonds is 9. The molecule has 136 valence electrons. The van der Waals surface area contributed by atoms with E-state index in [1.165, 1.54) is 0 Å². The zero-order valence-corrected chi connectivity index (χ0v) is 16.9. The first-order chi connectivity index (χ1) is 11.9. The molecular weight excluding hydrogens is 428 g/mol. The summed E-state index contributed by atoms with van der Waals surface area (Å²) in [4.78, 5) is 12.1. The first kappa shape index (κ1) is 19.9. The Morgan fingerprint density at radius 1 is 1.28 bits per heavy atom. The molecule has 25 heavy (non-hydrogen) atoms. The highest BCUT2D eigenvalue weighted by atomic mass is 79.9. The largest absolute Gasteiger partial charge is 0.468 e. The summed E-state index contributed by atoms with van der Waals surface area (Å²) in [6, 6.07) is 10.6. The van der Waals surface area contributed by atoms with E-state index in [2.05, 4.69) is 21.2 Å². The van der Waals surface area contributed by atoms with Crippen molar-refractivity contribution in [2.45, 2.75) is 5.75 Å². The Kier molecular flexibility index (Phi) is 7.39. The molecule has 0 bridgehead atoms. The van der Waals surface area contributed by atoms with Gasteiger partial charge in [0.05, 0.1) is 24.0 Å². The predicted molar refractivity (Wildman–Crippen MR) is 104 cm³/mol. The molecule has 2 aromatic rings. The minimum Gasteiger partial charge on any atom is -0.468 e. The highest BCUT2D eigenvalue weighted by molar-refractivity contribution is 9.10. The van der Waals surface area contributed by atoms with Crippen LogP contribution in [-0.2, 0) is 20.6 Å². The van der Waals surface area contributed by atoms with Crippen LogP contribution in [0.15, 0.2) is 51.6 Å². The lowest BCUT2D eigenvalue weighted by Crippen LogP contribution is -2.41. The van der Waals surface area contributed by atoms with Crippen LogP contribution < -0.4 is 9.62 Å². The molecule has 1 heterocycles. The van der Waals surface area contributed by atoms with E-state index in [4.69, 9.17) is 4.42 Å². The number of amides is 1. The standard InChI is InChI=1S/C16H19BrN2O4S2/c1-25(21,22)19(15-7-3-2-6-14(15)17)11-16(20)18-8-10-24-12-13-5-4-9-23-13/h2-7,9H,8,10-12H2,1H3,(H,18,20). The molecule has 2 rings (SSSR count). The summed E-state index contributed by atoms with van der Waals surface area (Å²) in [5, 5.41) is 2.74. The number of carbonyl (C=O) groups excluding carboxylic acids is 1. The van der Waals surface area contributed by atoms with Crippen molar-refractivity contribution in [3.05, 3.63) is 52.9 Å². The van der Waals surface area contributed by atoms with Gasteiger partial charge in [0.25, 0.3) is 0 Å². The van der Waals surface area contributed by atoms with E-state index in [9.17, 15) is 13.2 Å². The smallest absolute Gasteiger partial charge is 0.240 e. The van der Waals surface area contributed by atoms with Crippen LogP contribution in [0.5, 0.6) is 0 Å². The first-order valence-electron chi connectivity index (χ1n) is 7.47. The molecule has 0 aliphatic carbocycles. The molecule has 0 unspecified atom stereocenters. The maximum Gasteiger partial charge on any atom is 0.240 e. The maximum absolute atomic E-state index is 12.1. The molecule has 0 radical (unpaired) electrons. The van der Waals surface area contributed by atoms with Crippen molar-refractivity contribution in [1.29, 1.82) is 0 Å². The van der Waals surface area contributed by atoms with Gasteiger partial charge >= 0.3 is 0 Å². The molecule has 9 heteroatoms. The number of nitrogens with zero attached hydrogens (tertiary/aromatic N) is 1. The lowest BCUT2D eigenvalue weighted by atomic mass is 10.3. The van der Waals surface area contributed by atoms with Crippen LogP contribution in [0.3, 0.4) is 0 Å². The minimum absolute atomic E-state index is 0.260. The van der Waals surface area contributed by atoms with E-state index in [-0.39, 0.29) is 12.5 Å². The molecule has 0 aliphatic rings. The summed E-state index contributed by atoms with van der Waals surface area (Å²) in [5.41, 5.74) is 0.437. The number of furan rings is 1. The molecule has 1 aromatic heterocycles. The van der Waals surface area contributed by atoms with Crippen LogP contribution >= 0.6 is 27.7 Å². The van der Waals surface area contributed by atoms with E-state index in [1.807, 2.05) is 12.1 Å². The second-order valence-corrected chi connectivity index (χ2v) is 9.07. The topological polar surface area (TPSA) is 79.6 Å². The monoisotopic (exact) mass is 446 g/mol. The van der Waals surface area contributed by atoms with E-state index in [1.54, 1.807) is 42.3 Å². The quantitative estimate of drug-likeness (QED) is 0.598. The predicted octanol–water partition coefficient (Wildman–Crippen LogP) is 2.86. The summed E-state index contributed by atoms with van der Waals surface area (Å²) in [5.74, 6) is 1.98. The van der Waals surface area contributed by atoms with Crippen molar-refractivity contribution in [2.24, 2.45) is 0 Å². The van der Waals surface area contributed by atoms with Gasteiger partial charge in [-0.2, -0.15) is 11.8 Å². The van der Waals surface area contributed by atoms with Gasteiger partial charge < -0.3 is 9.73 Å². The molecule has 0 atom stereocenters. The maximum atomic E-state index is 12.1. The molecule has 0 saturated heterocycles. The second kappa shape index (κ2) is 9.30. The SMILES string of the molecule is CS(=O)(=O)N(CC(=O)NCCSCc1ccco1)c1ccccc1Br. The summed E-state index contributed by atoms with van der Waals surface area (Å²) in [7, 11) is -3.58. The van der Waals surface area contributed by atoms with E-state index < -0.39 is 10.0 Å². The third kappa shape index (κ3) is 6.41. The van der Waals surface area contributed by atoms with Crippen LogP contribution in [0, 0.1) is 0 Å². The molecule has 1 amide bonds.